The minimum atomic E-state index is -3.63. The molecule has 0 spiro atoms. The van der Waals surface area contributed by atoms with E-state index in [-0.39, 0.29) is 35.7 Å². The monoisotopic (exact) mass is 464 g/mol. The molecule has 0 bridgehead atoms. The van der Waals surface area contributed by atoms with E-state index in [1.54, 1.807) is 24.3 Å². The lowest BCUT2D eigenvalue weighted by atomic mass is 9.97. The third kappa shape index (κ3) is 5.61. The molecule has 0 aliphatic carbocycles. The molecule has 0 saturated carbocycles. The van der Waals surface area contributed by atoms with Crippen LogP contribution in [0.5, 0.6) is 0 Å². The summed E-state index contributed by atoms with van der Waals surface area (Å²) in [4.78, 5) is 29.2. The normalized spacial score (nSPS) is 15.4. The second kappa shape index (κ2) is 10.2. The minimum absolute atomic E-state index is 0.138. The number of nitrogens with zero attached hydrogens (tertiary/aromatic N) is 2. The van der Waals surface area contributed by atoms with Crippen molar-refractivity contribution in [1.82, 2.24) is 14.6 Å². The van der Waals surface area contributed by atoms with Gasteiger partial charge < -0.3 is 10.6 Å². The topological polar surface area (TPSA) is 108 Å². The Balaban J connectivity index is 1.66. The Bertz CT molecular complexity index is 1040. The van der Waals surface area contributed by atoms with E-state index in [0.29, 0.717) is 35.7 Å². The number of rotatable bonds is 7. The summed E-state index contributed by atoms with van der Waals surface area (Å²) in [5.41, 5.74) is 0.680. The van der Waals surface area contributed by atoms with Crippen LogP contribution in [0.15, 0.2) is 47.6 Å². The zero-order valence-corrected chi connectivity index (χ0v) is 18.7. The predicted molar refractivity (Wildman–Crippen MR) is 118 cm³/mol. The Morgan fingerprint density at radius 2 is 1.97 bits per heavy atom. The summed E-state index contributed by atoms with van der Waals surface area (Å²) >= 11 is 6.06. The fourth-order valence-electron chi connectivity index (χ4n) is 3.39. The lowest BCUT2D eigenvalue weighted by Crippen LogP contribution is -2.41. The van der Waals surface area contributed by atoms with Gasteiger partial charge in [0.25, 0.3) is 5.91 Å². The quantitative estimate of drug-likeness (QED) is 0.654. The molecule has 0 atom stereocenters. The Morgan fingerprint density at radius 3 is 2.61 bits per heavy atom. The van der Waals surface area contributed by atoms with Gasteiger partial charge >= 0.3 is 0 Å². The maximum Gasteiger partial charge on any atom is 0.253 e. The van der Waals surface area contributed by atoms with Crippen LogP contribution < -0.4 is 10.6 Å². The summed E-state index contributed by atoms with van der Waals surface area (Å²) in [5, 5.41) is 5.99. The molecule has 1 saturated heterocycles. The number of benzene rings is 1. The van der Waals surface area contributed by atoms with Gasteiger partial charge in [-0.05, 0) is 49.6 Å². The maximum absolute atomic E-state index is 12.8. The average Bonchev–Trinajstić information content (AvgIpc) is 2.78. The number of hydrogen-bond donors (Lipinski definition) is 2. The SMILES string of the molecule is CCCNC(=O)c1ccc(Cl)cc1NC(=O)C1CCN(S(=O)(=O)c2cccnc2)CC1. The third-order valence-corrected chi connectivity index (χ3v) is 7.23. The van der Waals surface area contributed by atoms with Gasteiger partial charge in [0, 0.05) is 43.0 Å². The van der Waals surface area contributed by atoms with Crippen LogP contribution >= 0.6 is 11.6 Å². The molecule has 1 aliphatic rings. The zero-order chi connectivity index (χ0) is 22.4. The largest absolute Gasteiger partial charge is 0.352 e. The molecule has 2 heterocycles. The Labute approximate surface area is 187 Å². The molecule has 1 fully saturated rings. The van der Waals surface area contributed by atoms with E-state index in [2.05, 4.69) is 15.6 Å². The summed E-state index contributed by atoms with van der Waals surface area (Å²) in [6, 6.07) is 7.80. The van der Waals surface area contributed by atoms with Gasteiger partial charge in [-0.1, -0.05) is 18.5 Å². The first-order valence-electron chi connectivity index (χ1n) is 10.1. The fraction of sp³-hybridized carbons (Fsp3) is 0.381. The molecule has 31 heavy (non-hydrogen) atoms. The number of sulfonamides is 1. The number of piperidine rings is 1. The number of carbonyl (C=O) groups excluding carboxylic acids is 2. The van der Waals surface area contributed by atoms with Crippen molar-refractivity contribution in [2.24, 2.45) is 5.92 Å². The fourth-order valence-corrected chi connectivity index (χ4v) is 5.00. The summed E-state index contributed by atoms with van der Waals surface area (Å²) < 4.78 is 26.8. The minimum Gasteiger partial charge on any atom is -0.352 e. The van der Waals surface area contributed by atoms with Gasteiger partial charge in [0.2, 0.25) is 15.9 Å². The highest BCUT2D eigenvalue weighted by molar-refractivity contribution is 7.89. The van der Waals surface area contributed by atoms with Crippen LogP contribution in [0.1, 0.15) is 36.5 Å². The average molecular weight is 465 g/mol. The summed E-state index contributed by atoms with van der Waals surface area (Å²) in [7, 11) is -3.63. The lowest BCUT2D eigenvalue weighted by Gasteiger charge is -2.30. The first kappa shape index (κ1) is 23.2. The maximum atomic E-state index is 12.8. The Morgan fingerprint density at radius 1 is 1.23 bits per heavy atom. The third-order valence-electron chi connectivity index (χ3n) is 5.12. The van der Waals surface area contributed by atoms with Gasteiger partial charge in [-0.3, -0.25) is 14.6 Å². The number of hydrogen-bond acceptors (Lipinski definition) is 5. The molecule has 2 amide bonds. The van der Waals surface area contributed by atoms with Crippen LogP contribution in [0.3, 0.4) is 0 Å². The van der Waals surface area contributed by atoms with Crippen molar-refractivity contribution < 1.29 is 18.0 Å². The van der Waals surface area contributed by atoms with Crippen LogP contribution in [-0.4, -0.2) is 49.2 Å². The number of carbonyl (C=O) groups is 2. The van der Waals surface area contributed by atoms with E-state index in [1.807, 2.05) is 6.92 Å². The molecule has 2 N–H and O–H groups in total. The van der Waals surface area contributed by atoms with Gasteiger partial charge in [-0.15, -0.1) is 0 Å². The highest BCUT2D eigenvalue weighted by Gasteiger charge is 2.32. The van der Waals surface area contributed by atoms with Crippen molar-refractivity contribution in [2.45, 2.75) is 31.1 Å². The smallest absolute Gasteiger partial charge is 0.253 e. The van der Waals surface area contributed by atoms with Crippen LogP contribution in [0, 0.1) is 5.92 Å². The molecule has 1 aliphatic heterocycles. The lowest BCUT2D eigenvalue weighted by molar-refractivity contribution is -0.120. The highest BCUT2D eigenvalue weighted by Crippen LogP contribution is 2.26. The van der Waals surface area contributed by atoms with Crippen molar-refractivity contribution in [1.29, 1.82) is 0 Å². The van der Waals surface area contributed by atoms with E-state index in [0.717, 1.165) is 6.42 Å². The Kier molecular flexibility index (Phi) is 7.64. The molecule has 166 valence electrons. The number of nitrogens with one attached hydrogen (secondary N) is 2. The number of amides is 2. The van der Waals surface area contributed by atoms with Gasteiger partial charge in [-0.2, -0.15) is 4.31 Å². The first-order chi connectivity index (χ1) is 14.8. The van der Waals surface area contributed by atoms with Crippen molar-refractivity contribution in [3.63, 3.8) is 0 Å². The molecule has 0 unspecified atom stereocenters. The first-order valence-corrected chi connectivity index (χ1v) is 11.9. The van der Waals surface area contributed by atoms with E-state index >= 15 is 0 Å². The second-order valence-electron chi connectivity index (χ2n) is 7.30. The standard InChI is InChI=1S/C21H25ClN4O4S/c1-2-9-24-21(28)18-6-5-16(22)13-19(18)25-20(27)15-7-11-26(12-8-15)31(29,30)17-4-3-10-23-14-17/h3-6,10,13-15H,2,7-9,11-12H2,1H3,(H,24,28)(H,25,27). The van der Waals surface area contributed by atoms with Crippen molar-refractivity contribution in [3.8, 4) is 0 Å². The summed E-state index contributed by atoms with van der Waals surface area (Å²) in [5.74, 6) is -0.915. The summed E-state index contributed by atoms with van der Waals surface area (Å²) in [6.07, 6.45) is 4.38. The van der Waals surface area contributed by atoms with Crippen molar-refractivity contribution in [2.75, 3.05) is 25.0 Å². The van der Waals surface area contributed by atoms with Gasteiger partial charge in [0.15, 0.2) is 0 Å². The molecule has 0 radical (unpaired) electrons. The zero-order valence-electron chi connectivity index (χ0n) is 17.2. The van der Waals surface area contributed by atoms with Crippen LogP contribution in [0.25, 0.3) is 0 Å². The van der Waals surface area contributed by atoms with Crippen molar-refractivity contribution in [3.05, 3.63) is 53.3 Å². The number of aromatic nitrogens is 1. The molecule has 10 heteroatoms. The number of anilines is 1. The molecule has 1 aromatic heterocycles. The Hall–Kier alpha value is -2.49. The number of pyridine rings is 1. The highest BCUT2D eigenvalue weighted by atomic mass is 35.5. The van der Waals surface area contributed by atoms with Gasteiger partial charge in [-0.25, -0.2) is 8.42 Å². The molecule has 8 nitrogen and oxygen atoms in total. The van der Waals surface area contributed by atoms with Gasteiger partial charge in [0.05, 0.1) is 11.3 Å². The van der Waals surface area contributed by atoms with Crippen LogP contribution in [-0.2, 0) is 14.8 Å². The molecular formula is C21H25ClN4O4S. The number of halogens is 1. The predicted octanol–water partition coefficient (Wildman–Crippen LogP) is 2.91. The molecule has 1 aromatic carbocycles. The molecule has 3 rings (SSSR count). The van der Waals surface area contributed by atoms with Crippen LogP contribution in [0.2, 0.25) is 5.02 Å². The summed E-state index contributed by atoms with van der Waals surface area (Å²) in [6.45, 7) is 2.94. The van der Waals surface area contributed by atoms with E-state index < -0.39 is 10.0 Å². The van der Waals surface area contributed by atoms with Crippen LogP contribution in [0.4, 0.5) is 5.69 Å². The van der Waals surface area contributed by atoms with Crippen molar-refractivity contribution >= 4 is 39.1 Å². The second-order valence-corrected chi connectivity index (χ2v) is 9.68. The van der Waals surface area contributed by atoms with Gasteiger partial charge in [0.1, 0.15) is 4.90 Å². The molecule has 2 aromatic rings. The van der Waals surface area contributed by atoms with E-state index in [4.69, 9.17) is 11.6 Å². The molecular weight excluding hydrogens is 440 g/mol. The van der Waals surface area contributed by atoms with E-state index in [9.17, 15) is 18.0 Å². The van der Waals surface area contributed by atoms with E-state index in [1.165, 1.54) is 22.8 Å².